The van der Waals surface area contributed by atoms with Gasteiger partial charge in [-0.2, -0.15) is 0 Å². The molecule has 1 amide bonds. The number of pyridine rings is 1. The van der Waals surface area contributed by atoms with E-state index in [0.717, 1.165) is 0 Å². The van der Waals surface area contributed by atoms with Crippen molar-refractivity contribution < 1.29 is 4.79 Å². The smallest absolute Gasteiger partial charge is 0.270 e. The van der Waals surface area contributed by atoms with Crippen LogP contribution in [0.5, 0.6) is 0 Å². The van der Waals surface area contributed by atoms with Crippen LogP contribution in [0.3, 0.4) is 0 Å². The fourth-order valence-electron chi connectivity index (χ4n) is 2.96. The first kappa shape index (κ1) is 17.0. The second kappa shape index (κ2) is 7.42. The molecule has 1 unspecified atom stereocenters. The van der Waals surface area contributed by atoms with E-state index in [1.54, 1.807) is 41.2 Å². The van der Waals surface area contributed by atoms with Gasteiger partial charge in [-0.15, -0.1) is 0 Å². The quantitative estimate of drug-likeness (QED) is 0.682. The highest BCUT2D eigenvalue weighted by atomic mass is 16.2. The lowest BCUT2D eigenvalue weighted by atomic mass is 10.2. The van der Waals surface area contributed by atoms with Crippen LogP contribution < -0.4 is 16.2 Å². The molecule has 1 aliphatic rings. The highest BCUT2D eigenvalue weighted by Crippen LogP contribution is 2.17. The second-order valence-electron chi connectivity index (χ2n) is 6.03. The molecule has 3 aromatic rings. The molecular formula is C18H17N7O2. The number of aromatic nitrogens is 5. The predicted molar refractivity (Wildman–Crippen MR) is 96.8 cm³/mol. The summed E-state index contributed by atoms with van der Waals surface area (Å²) in [5, 5.41) is 6.15. The summed E-state index contributed by atoms with van der Waals surface area (Å²) in [6, 6.07) is 7.80. The minimum Gasteiger partial charge on any atom is -0.339 e. The van der Waals surface area contributed by atoms with Gasteiger partial charge < -0.3 is 10.6 Å². The number of hydrogen-bond donors (Lipinski definition) is 2. The zero-order chi connectivity index (χ0) is 18.6. The molecule has 4 heterocycles. The van der Waals surface area contributed by atoms with Crippen molar-refractivity contribution in [3.63, 3.8) is 0 Å². The molecule has 1 atom stereocenters. The summed E-state index contributed by atoms with van der Waals surface area (Å²) >= 11 is 0. The van der Waals surface area contributed by atoms with Crippen molar-refractivity contribution in [2.75, 3.05) is 13.1 Å². The normalized spacial score (nSPS) is 16.2. The SMILES string of the molecule is O=C(NC1CNCCn2c1nc(-c1ccncn1)cc2=O)c1ccccn1. The van der Waals surface area contributed by atoms with Crippen molar-refractivity contribution in [2.45, 2.75) is 12.6 Å². The number of fused-ring (bicyclic) bond motifs is 1. The van der Waals surface area contributed by atoms with Crippen molar-refractivity contribution in [1.82, 2.24) is 35.1 Å². The molecule has 0 spiro atoms. The van der Waals surface area contributed by atoms with Gasteiger partial charge in [0.15, 0.2) is 0 Å². The van der Waals surface area contributed by atoms with E-state index >= 15 is 0 Å². The molecule has 0 saturated carbocycles. The lowest BCUT2D eigenvalue weighted by molar-refractivity contribution is 0.0929. The van der Waals surface area contributed by atoms with Crippen molar-refractivity contribution in [2.24, 2.45) is 0 Å². The lowest BCUT2D eigenvalue weighted by Crippen LogP contribution is -2.37. The standard InChI is InChI=1S/C18H17N7O2/c26-16-9-14(12-4-6-20-11-22-12)23-17-15(10-19-7-8-25(16)17)24-18(27)13-3-1-2-5-21-13/h1-6,9,11,15,19H,7-8,10H2,(H,24,27). The molecule has 136 valence electrons. The highest BCUT2D eigenvalue weighted by Gasteiger charge is 2.24. The van der Waals surface area contributed by atoms with Gasteiger partial charge in [0.1, 0.15) is 17.8 Å². The van der Waals surface area contributed by atoms with Crippen molar-refractivity contribution >= 4 is 5.91 Å². The van der Waals surface area contributed by atoms with Crippen molar-refractivity contribution in [3.05, 3.63) is 70.9 Å². The Morgan fingerprint density at radius 3 is 2.89 bits per heavy atom. The summed E-state index contributed by atoms with van der Waals surface area (Å²) in [6.07, 6.45) is 4.56. The first-order valence-corrected chi connectivity index (χ1v) is 8.53. The van der Waals surface area contributed by atoms with E-state index in [-0.39, 0.29) is 11.5 Å². The molecule has 1 aliphatic heterocycles. The van der Waals surface area contributed by atoms with E-state index in [4.69, 9.17) is 0 Å². The molecule has 0 saturated heterocycles. The average Bonchev–Trinajstić information content (AvgIpc) is 2.92. The van der Waals surface area contributed by atoms with Crippen LogP contribution in [0.1, 0.15) is 22.4 Å². The molecule has 3 aromatic heterocycles. The average molecular weight is 363 g/mol. The van der Waals surface area contributed by atoms with E-state index in [9.17, 15) is 9.59 Å². The van der Waals surface area contributed by atoms with Crippen molar-refractivity contribution in [3.8, 4) is 11.4 Å². The fraction of sp³-hybridized carbons (Fsp3) is 0.222. The third kappa shape index (κ3) is 3.58. The summed E-state index contributed by atoms with van der Waals surface area (Å²) in [6.45, 7) is 1.54. The molecule has 4 rings (SSSR count). The Kier molecular flexibility index (Phi) is 4.67. The van der Waals surface area contributed by atoms with Crippen LogP contribution in [-0.2, 0) is 6.54 Å². The zero-order valence-corrected chi connectivity index (χ0v) is 14.4. The Balaban J connectivity index is 1.72. The molecule has 9 nitrogen and oxygen atoms in total. The van der Waals surface area contributed by atoms with E-state index < -0.39 is 6.04 Å². The Labute approximate surface area is 154 Å². The minimum absolute atomic E-state index is 0.186. The number of carbonyl (C=O) groups is 1. The van der Waals surface area contributed by atoms with Gasteiger partial charge in [0, 0.05) is 38.1 Å². The van der Waals surface area contributed by atoms with Gasteiger partial charge in [-0.3, -0.25) is 19.1 Å². The topological polar surface area (TPSA) is 115 Å². The van der Waals surface area contributed by atoms with Gasteiger partial charge in [0.25, 0.3) is 11.5 Å². The number of nitrogens with one attached hydrogen (secondary N) is 2. The van der Waals surface area contributed by atoms with E-state index in [2.05, 4.69) is 30.6 Å². The summed E-state index contributed by atoms with van der Waals surface area (Å²) in [7, 11) is 0. The van der Waals surface area contributed by atoms with Crippen LogP contribution in [0, 0.1) is 0 Å². The fourth-order valence-corrected chi connectivity index (χ4v) is 2.96. The maximum atomic E-state index is 12.6. The van der Waals surface area contributed by atoms with Gasteiger partial charge in [-0.1, -0.05) is 6.07 Å². The second-order valence-corrected chi connectivity index (χ2v) is 6.03. The van der Waals surface area contributed by atoms with Gasteiger partial charge >= 0.3 is 0 Å². The number of rotatable bonds is 3. The lowest BCUT2D eigenvalue weighted by Gasteiger charge is -2.19. The number of amides is 1. The van der Waals surface area contributed by atoms with Gasteiger partial charge in [0.05, 0.1) is 17.4 Å². The first-order valence-electron chi connectivity index (χ1n) is 8.53. The van der Waals surface area contributed by atoms with E-state index in [1.807, 2.05) is 0 Å². The highest BCUT2D eigenvalue weighted by molar-refractivity contribution is 5.92. The van der Waals surface area contributed by atoms with Gasteiger partial charge in [0.2, 0.25) is 0 Å². The molecule has 0 bridgehead atoms. The Morgan fingerprint density at radius 2 is 2.11 bits per heavy atom. The summed E-state index contributed by atoms with van der Waals surface area (Å²) in [4.78, 5) is 41.9. The molecular weight excluding hydrogens is 346 g/mol. The molecule has 0 aromatic carbocycles. The molecule has 0 radical (unpaired) electrons. The molecule has 0 fully saturated rings. The van der Waals surface area contributed by atoms with Crippen LogP contribution in [-0.4, -0.2) is 43.5 Å². The minimum atomic E-state index is -0.475. The predicted octanol–water partition coefficient (Wildman–Crippen LogP) is 0.170. The molecule has 9 heteroatoms. The molecule has 2 N–H and O–H groups in total. The third-order valence-electron chi connectivity index (χ3n) is 4.26. The van der Waals surface area contributed by atoms with Crippen LogP contribution in [0.4, 0.5) is 0 Å². The van der Waals surface area contributed by atoms with Crippen LogP contribution in [0.25, 0.3) is 11.4 Å². The number of carbonyl (C=O) groups excluding carboxylic acids is 1. The first-order chi connectivity index (χ1) is 13.2. The van der Waals surface area contributed by atoms with Crippen molar-refractivity contribution in [1.29, 1.82) is 0 Å². The van der Waals surface area contributed by atoms with Crippen LogP contribution in [0.15, 0.2) is 53.8 Å². The van der Waals surface area contributed by atoms with E-state index in [0.29, 0.717) is 42.5 Å². The zero-order valence-electron chi connectivity index (χ0n) is 14.4. The molecule has 27 heavy (non-hydrogen) atoms. The number of nitrogens with zero attached hydrogens (tertiary/aromatic N) is 5. The molecule has 0 aliphatic carbocycles. The van der Waals surface area contributed by atoms with Gasteiger partial charge in [-0.25, -0.2) is 15.0 Å². The van der Waals surface area contributed by atoms with Crippen LogP contribution in [0.2, 0.25) is 0 Å². The van der Waals surface area contributed by atoms with E-state index in [1.165, 1.54) is 12.4 Å². The maximum absolute atomic E-state index is 12.6. The number of hydrogen-bond acceptors (Lipinski definition) is 7. The largest absolute Gasteiger partial charge is 0.339 e. The summed E-state index contributed by atoms with van der Waals surface area (Å²) < 4.78 is 1.58. The Bertz CT molecular complexity index is 1010. The Morgan fingerprint density at radius 1 is 1.19 bits per heavy atom. The summed E-state index contributed by atoms with van der Waals surface area (Å²) in [5.74, 6) is 0.169. The maximum Gasteiger partial charge on any atom is 0.270 e. The third-order valence-corrected chi connectivity index (χ3v) is 4.26. The Hall–Kier alpha value is -3.46. The monoisotopic (exact) mass is 363 g/mol. The van der Waals surface area contributed by atoms with Crippen LogP contribution >= 0.6 is 0 Å². The summed E-state index contributed by atoms with van der Waals surface area (Å²) in [5.41, 5.74) is 1.13. The van der Waals surface area contributed by atoms with Gasteiger partial charge in [-0.05, 0) is 18.2 Å².